The van der Waals surface area contributed by atoms with Crippen molar-refractivity contribution < 1.29 is 22.8 Å². The molecule has 0 N–H and O–H groups in total. The Bertz CT molecular complexity index is 1280. The van der Waals surface area contributed by atoms with Gasteiger partial charge in [0.2, 0.25) is 0 Å². The first-order valence-corrected chi connectivity index (χ1v) is 11.2. The predicted octanol–water partition coefficient (Wildman–Crippen LogP) is 4.71. The third kappa shape index (κ3) is 4.29. The number of hydrogen-bond acceptors (Lipinski definition) is 9. The van der Waals surface area contributed by atoms with Crippen molar-refractivity contribution in [1.82, 2.24) is 15.2 Å². The molecule has 9 nitrogen and oxygen atoms in total. The number of amides is 1. The van der Waals surface area contributed by atoms with E-state index in [1.807, 2.05) is 37.3 Å². The number of ether oxygens (including phenoxy) is 1. The van der Waals surface area contributed by atoms with Crippen molar-refractivity contribution in [2.24, 2.45) is 5.10 Å². The number of aromatic nitrogens is 2. The smallest absolute Gasteiger partial charge is 0.277 e. The van der Waals surface area contributed by atoms with Gasteiger partial charge in [-0.2, -0.15) is 5.10 Å². The molecule has 3 aromatic heterocycles. The number of hydrazone groups is 1. The van der Waals surface area contributed by atoms with E-state index < -0.39 is 0 Å². The van der Waals surface area contributed by atoms with E-state index in [9.17, 15) is 4.79 Å². The zero-order chi connectivity index (χ0) is 22.8. The average Bonchev–Trinajstić information content (AvgIpc) is 3.64. The molecule has 1 aliphatic heterocycles. The molecule has 0 radical (unpaired) electrons. The van der Waals surface area contributed by atoms with Gasteiger partial charge in [0.15, 0.2) is 0 Å². The summed E-state index contributed by atoms with van der Waals surface area (Å²) in [5.41, 5.74) is 2.45. The Labute approximate surface area is 193 Å². The number of benzene rings is 1. The molecule has 1 amide bonds. The quantitative estimate of drug-likeness (QED) is 0.362. The molecule has 4 aromatic rings. The molecular weight excluding hydrogens is 444 g/mol. The van der Waals surface area contributed by atoms with Crippen molar-refractivity contribution in [3.05, 3.63) is 72.1 Å². The van der Waals surface area contributed by atoms with Gasteiger partial charge in [-0.05, 0) is 55.0 Å². The van der Waals surface area contributed by atoms with Gasteiger partial charge in [0.05, 0.1) is 36.7 Å². The lowest BCUT2D eigenvalue weighted by Gasteiger charge is -2.19. The topological polar surface area (TPSA) is 107 Å². The number of carbonyl (C=O) groups excluding carboxylic acids is 1. The molecule has 0 aliphatic carbocycles. The van der Waals surface area contributed by atoms with E-state index in [0.717, 1.165) is 34.3 Å². The van der Waals surface area contributed by atoms with Crippen LogP contribution in [0.4, 0.5) is 0 Å². The standard InChI is InChI=1S/C23H20N4O5S/c1-14-17(9-11-30-14)22-24-25-23(32-22)33-13-21(28)27-19(20-4-3-10-31-20)12-18(26-27)15-5-7-16(29-2)8-6-15/h3-11,19H,12-13H2,1-2H3/t19-/m1/s1. The lowest BCUT2D eigenvalue weighted by molar-refractivity contribution is -0.130. The van der Waals surface area contributed by atoms with Gasteiger partial charge in [-0.3, -0.25) is 4.79 Å². The first-order chi connectivity index (χ1) is 16.1. The molecule has 168 valence electrons. The molecule has 0 saturated carbocycles. The van der Waals surface area contributed by atoms with Crippen LogP contribution in [0.3, 0.4) is 0 Å². The monoisotopic (exact) mass is 464 g/mol. The lowest BCUT2D eigenvalue weighted by Crippen LogP contribution is -2.28. The average molecular weight is 465 g/mol. The van der Waals surface area contributed by atoms with Crippen LogP contribution in [-0.4, -0.2) is 39.7 Å². The Morgan fingerprint density at radius 3 is 2.70 bits per heavy atom. The highest BCUT2D eigenvalue weighted by Gasteiger charge is 2.35. The third-order valence-electron chi connectivity index (χ3n) is 5.28. The summed E-state index contributed by atoms with van der Waals surface area (Å²) < 4.78 is 21.8. The largest absolute Gasteiger partial charge is 0.497 e. The van der Waals surface area contributed by atoms with Gasteiger partial charge < -0.3 is 18.0 Å². The second-order valence-corrected chi connectivity index (χ2v) is 8.23. The van der Waals surface area contributed by atoms with Crippen LogP contribution in [0.25, 0.3) is 11.5 Å². The maximum Gasteiger partial charge on any atom is 0.277 e. The zero-order valence-corrected chi connectivity index (χ0v) is 18.7. The number of nitrogens with zero attached hydrogens (tertiary/aromatic N) is 4. The molecule has 4 heterocycles. The van der Waals surface area contributed by atoms with Crippen LogP contribution in [-0.2, 0) is 4.79 Å². The molecule has 1 aromatic carbocycles. The molecule has 0 bridgehead atoms. The maximum absolute atomic E-state index is 13.1. The summed E-state index contributed by atoms with van der Waals surface area (Å²) >= 11 is 1.16. The summed E-state index contributed by atoms with van der Waals surface area (Å²) in [4.78, 5) is 13.1. The van der Waals surface area contributed by atoms with Crippen LogP contribution in [0.5, 0.6) is 5.75 Å². The Kier molecular flexibility index (Phi) is 5.74. The number of thioether (sulfide) groups is 1. The summed E-state index contributed by atoms with van der Waals surface area (Å²) in [6, 6.07) is 12.7. The van der Waals surface area contributed by atoms with Crippen LogP contribution in [0.2, 0.25) is 0 Å². The summed E-state index contributed by atoms with van der Waals surface area (Å²) in [6.07, 6.45) is 3.70. The molecule has 1 aliphatic rings. The van der Waals surface area contributed by atoms with Crippen molar-refractivity contribution >= 4 is 23.4 Å². The van der Waals surface area contributed by atoms with E-state index in [4.69, 9.17) is 18.0 Å². The summed E-state index contributed by atoms with van der Waals surface area (Å²) in [6.45, 7) is 1.82. The number of aryl methyl sites for hydroxylation is 1. The Balaban J connectivity index is 1.32. The SMILES string of the molecule is COc1ccc(C2=NN(C(=O)CSc3nnc(-c4ccoc4C)o3)[C@@H](c3ccco3)C2)cc1. The summed E-state index contributed by atoms with van der Waals surface area (Å²) in [7, 11) is 1.62. The minimum Gasteiger partial charge on any atom is -0.497 e. The first kappa shape index (κ1) is 21.1. The van der Waals surface area contributed by atoms with Crippen molar-refractivity contribution in [2.45, 2.75) is 24.6 Å². The number of furan rings is 2. The molecule has 10 heteroatoms. The third-order valence-corrected chi connectivity index (χ3v) is 6.08. The van der Waals surface area contributed by atoms with Gasteiger partial charge in [-0.1, -0.05) is 11.8 Å². The fourth-order valence-electron chi connectivity index (χ4n) is 3.57. The highest BCUT2D eigenvalue weighted by atomic mass is 32.2. The maximum atomic E-state index is 13.1. The normalized spacial score (nSPS) is 15.6. The predicted molar refractivity (Wildman–Crippen MR) is 120 cm³/mol. The van der Waals surface area contributed by atoms with E-state index in [-0.39, 0.29) is 17.7 Å². The fraction of sp³-hybridized carbons (Fsp3) is 0.217. The van der Waals surface area contributed by atoms with Crippen LogP contribution >= 0.6 is 11.8 Å². The van der Waals surface area contributed by atoms with Crippen LogP contribution in [0.15, 0.2) is 78.6 Å². The van der Waals surface area contributed by atoms with E-state index in [1.54, 1.807) is 31.8 Å². The van der Waals surface area contributed by atoms with E-state index >= 15 is 0 Å². The molecule has 0 unspecified atom stereocenters. The Morgan fingerprint density at radius 2 is 2.00 bits per heavy atom. The lowest BCUT2D eigenvalue weighted by atomic mass is 10.0. The Morgan fingerprint density at radius 1 is 1.15 bits per heavy atom. The molecule has 0 saturated heterocycles. The van der Waals surface area contributed by atoms with Gasteiger partial charge in [0.25, 0.3) is 17.0 Å². The van der Waals surface area contributed by atoms with E-state index in [0.29, 0.717) is 29.1 Å². The summed E-state index contributed by atoms with van der Waals surface area (Å²) in [5, 5.41) is 14.5. The molecular formula is C23H20N4O5S. The first-order valence-electron chi connectivity index (χ1n) is 10.2. The van der Waals surface area contributed by atoms with Gasteiger partial charge >= 0.3 is 0 Å². The fourth-order valence-corrected chi connectivity index (χ4v) is 4.19. The van der Waals surface area contributed by atoms with Crippen LogP contribution in [0.1, 0.15) is 29.5 Å². The highest BCUT2D eigenvalue weighted by molar-refractivity contribution is 7.99. The van der Waals surface area contributed by atoms with Crippen molar-refractivity contribution in [3.8, 4) is 17.2 Å². The molecule has 33 heavy (non-hydrogen) atoms. The molecule has 1 atom stereocenters. The number of hydrogen-bond donors (Lipinski definition) is 0. The number of carbonyl (C=O) groups is 1. The second-order valence-electron chi connectivity index (χ2n) is 7.30. The molecule has 0 fully saturated rings. The molecule has 5 rings (SSSR count). The second kappa shape index (κ2) is 8.99. The van der Waals surface area contributed by atoms with Crippen LogP contribution < -0.4 is 4.74 Å². The zero-order valence-electron chi connectivity index (χ0n) is 17.9. The van der Waals surface area contributed by atoms with Crippen molar-refractivity contribution in [3.63, 3.8) is 0 Å². The molecule has 0 spiro atoms. The van der Waals surface area contributed by atoms with Gasteiger partial charge in [0, 0.05) is 6.42 Å². The van der Waals surface area contributed by atoms with Crippen LogP contribution in [0, 0.1) is 6.92 Å². The Hall–Kier alpha value is -3.79. The highest BCUT2D eigenvalue weighted by Crippen LogP contribution is 2.34. The van der Waals surface area contributed by atoms with E-state index in [2.05, 4.69) is 15.3 Å². The van der Waals surface area contributed by atoms with E-state index in [1.165, 1.54) is 5.01 Å². The van der Waals surface area contributed by atoms with Gasteiger partial charge in [-0.25, -0.2) is 5.01 Å². The van der Waals surface area contributed by atoms with Gasteiger partial charge in [-0.15, -0.1) is 10.2 Å². The summed E-state index contributed by atoms with van der Waals surface area (Å²) in [5.74, 6) is 2.37. The van der Waals surface area contributed by atoms with Crippen molar-refractivity contribution in [1.29, 1.82) is 0 Å². The van der Waals surface area contributed by atoms with Crippen molar-refractivity contribution in [2.75, 3.05) is 12.9 Å². The number of rotatable bonds is 7. The minimum atomic E-state index is -0.322. The van der Waals surface area contributed by atoms with Gasteiger partial charge in [0.1, 0.15) is 23.3 Å². The minimum absolute atomic E-state index is 0.0859. The number of methoxy groups -OCH3 is 1.